The zero-order valence-corrected chi connectivity index (χ0v) is 20.5. The summed E-state index contributed by atoms with van der Waals surface area (Å²) in [5.74, 6) is -0.474. The number of aromatic nitrogens is 1. The average molecular weight is 490 g/mol. The van der Waals surface area contributed by atoms with Gasteiger partial charge in [-0.25, -0.2) is 9.59 Å². The zero-order valence-electron chi connectivity index (χ0n) is 20.5. The number of benzene rings is 2. The van der Waals surface area contributed by atoms with E-state index in [1.54, 1.807) is 47.5 Å². The van der Waals surface area contributed by atoms with Gasteiger partial charge in [0, 0.05) is 25.0 Å². The van der Waals surface area contributed by atoms with Crippen molar-refractivity contribution < 1.29 is 19.5 Å². The lowest BCUT2D eigenvalue weighted by atomic mass is 10.2. The molecule has 3 rings (SSSR count). The number of hydrogen-bond donors (Lipinski definition) is 4. The van der Waals surface area contributed by atoms with Gasteiger partial charge in [-0.2, -0.15) is 0 Å². The topological polar surface area (TPSA) is 124 Å². The predicted octanol–water partition coefficient (Wildman–Crippen LogP) is 5.96. The van der Waals surface area contributed by atoms with Crippen LogP contribution in [0.5, 0.6) is 0 Å². The SMILES string of the molecule is CCCCCN(Cc1ccc(C(=O)Nc2ccccc2NC(=O)O)nc1)C(=O)Nc1cccc(C)c1. The van der Waals surface area contributed by atoms with Crippen LogP contribution in [-0.2, 0) is 6.54 Å². The van der Waals surface area contributed by atoms with Gasteiger partial charge < -0.3 is 20.6 Å². The van der Waals surface area contributed by atoms with Crippen LogP contribution < -0.4 is 16.0 Å². The maximum absolute atomic E-state index is 13.0. The number of para-hydroxylation sites is 2. The Morgan fingerprint density at radius 1 is 0.917 bits per heavy atom. The minimum absolute atomic E-state index is 0.172. The molecule has 0 aliphatic rings. The van der Waals surface area contributed by atoms with Crippen molar-refractivity contribution in [3.05, 3.63) is 83.7 Å². The molecule has 0 aliphatic carbocycles. The Balaban J connectivity index is 1.68. The number of aryl methyl sites for hydroxylation is 1. The third kappa shape index (κ3) is 7.83. The highest BCUT2D eigenvalue weighted by atomic mass is 16.4. The molecule has 0 saturated carbocycles. The minimum atomic E-state index is -1.23. The number of pyridine rings is 1. The summed E-state index contributed by atoms with van der Waals surface area (Å²) in [6.07, 6.45) is 3.29. The molecule has 0 unspecified atom stereocenters. The van der Waals surface area contributed by atoms with E-state index >= 15 is 0 Å². The number of carbonyl (C=O) groups is 3. The molecule has 2 aromatic carbocycles. The van der Waals surface area contributed by atoms with Crippen LogP contribution in [0.3, 0.4) is 0 Å². The van der Waals surface area contributed by atoms with E-state index in [0.717, 1.165) is 36.1 Å². The van der Waals surface area contributed by atoms with Crippen molar-refractivity contribution in [3.63, 3.8) is 0 Å². The van der Waals surface area contributed by atoms with Crippen LogP contribution in [0.1, 0.15) is 47.8 Å². The molecule has 0 aliphatic heterocycles. The van der Waals surface area contributed by atoms with Gasteiger partial charge in [0.25, 0.3) is 5.91 Å². The number of hydrogen-bond acceptors (Lipinski definition) is 4. The fourth-order valence-corrected chi connectivity index (χ4v) is 3.61. The van der Waals surface area contributed by atoms with Gasteiger partial charge in [-0.3, -0.25) is 15.1 Å². The molecule has 0 saturated heterocycles. The normalized spacial score (nSPS) is 10.4. The van der Waals surface area contributed by atoms with Crippen LogP contribution in [0.2, 0.25) is 0 Å². The van der Waals surface area contributed by atoms with Crippen LogP contribution in [0.4, 0.5) is 26.7 Å². The largest absolute Gasteiger partial charge is 0.465 e. The number of rotatable bonds is 10. The van der Waals surface area contributed by atoms with E-state index in [1.165, 1.54) is 0 Å². The Kier molecular flexibility index (Phi) is 9.39. The van der Waals surface area contributed by atoms with Crippen LogP contribution >= 0.6 is 0 Å². The van der Waals surface area contributed by atoms with Gasteiger partial charge in [0.1, 0.15) is 5.69 Å². The molecule has 0 spiro atoms. The van der Waals surface area contributed by atoms with E-state index in [2.05, 4.69) is 27.9 Å². The van der Waals surface area contributed by atoms with E-state index in [9.17, 15) is 14.4 Å². The van der Waals surface area contributed by atoms with E-state index in [4.69, 9.17) is 5.11 Å². The van der Waals surface area contributed by atoms with E-state index in [1.807, 2.05) is 31.2 Å². The second-order valence-electron chi connectivity index (χ2n) is 8.41. The lowest BCUT2D eigenvalue weighted by Gasteiger charge is -2.23. The minimum Gasteiger partial charge on any atom is -0.465 e. The molecule has 36 heavy (non-hydrogen) atoms. The Bertz CT molecular complexity index is 1200. The molecule has 0 radical (unpaired) electrons. The van der Waals surface area contributed by atoms with Crippen LogP contribution in [0, 0.1) is 6.92 Å². The number of nitrogens with one attached hydrogen (secondary N) is 3. The fraction of sp³-hybridized carbons (Fsp3) is 0.259. The monoisotopic (exact) mass is 489 g/mol. The first kappa shape index (κ1) is 26.2. The third-order valence-corrected chi connectivity index (χ3v) is 5.44. The fourth-order valence-electron chi connectivity index (χ4n) is 3.61. The molecule has 9 heteroatoms. The van der Waals surface area contributed by atoms with E-state index in [0.29, 0.717) is 18.8 Å². The van der Waals surface area contributed by atoms with Crippen LogP contribution in [-0.4, -0.2) is 39.6 Å². The number of carbonyl (C=O) groups excluding carboxylic acids is 2. The highest BCUT2D eigenvalue weighted by Gasteiger charge is 2.16. The quantitative estimate of drug-likeness (QED) is 0.262. The summed E-state index contributed by atoms with van der Waals surface area (Å²) < 4.78 is 0. The lowest BCUT2D eigenvalue weighted by molar-refractivity contribution is 0.102. The summed E-state index contributed by atoms with van der Waals surface area (Å²) in [7, 11) is 0. The summed E-state index contributed by atoms with van der Waals surface area (Å²) in [4.78, 5) is 42.7. The van der Waals surface area contributed by atoms with Crippen molar-refractivity contribution in [1.82, 2.24) is 9.88 Å². The lowest BCUT2D eigenvalue weighted by Crippen LogP contribution is -2.35. The van der Waals surface area contributed by atoms with Crippen molar-refractivity contribution >= 4 is 35.1 Å². The predicted molar refractivity (Wildman–Crippen MR) is 140 cm³/mol. The third-order valence-electron chi connectivity index (χ3n) is 5.44. The molecule has 4 amide bonds. The van der Waals surface area contributed by atoms with Crippen molar-refractivity contribution in [2.24, 2.45) is 0 Å². The van der Waals surface area contributed by atoms with Gasteiger partial charge in [-0.05, 0) is 54.8 Å². The summed E-state index contributed by atoms with van der Waals surface area (Å²) in [5.41, 5.74) is 3.34. The number of unbranched alkanes of at least 4 members (excludes halogenated alkanes) is 2. The number of amides is 4. The first-order chi connectivity index (χ1) is 17.4. The summed E-state index contributed by atoms with van der Waals surface area (Å²) >= 11 is 0. The Labute approximate surface area is 210 Å². The number of carboxylic acid groups (broad SMARTS) is 1. The molecule has 4 N–H and O–H groups in total. The van der Waals surface area contributed by atoms with Crippen LogP contribution in [0.25, 0.3) is 0 Å². The molecule has 0 bridgehead atoms. The molecule has 188 valence electrons. The highest BCUT2D eigenvalue weighted by Crippen LogP contribution is 2.21. The van der Waals surface area contributed by atoms with Crippen LogP contribution in [0.15, 0.2) is 66.9 Å². The van der Waals surface area contributed by atoms with Gasteiger partial charge >= 0.3 is 12.1 Å². The smallest absolute Gasteiger partial charge is 0.409 e. The second-order valence-corrected chi connectivity index (χ2v) is 8.41. The molecule has 1 aromatic heterocycles. The van der Waals surface area contributed by atoms with E-state index < -0.39 is 12.0 Å². The molecular weight excluding hydrogens is 458 g/mol. The number of anilines is 3. The molecule has 0 fully saturated rings. The Hall–Kier alpha value is -4.40. The highest BCUT2D eigenvalue weighted by molar-refractivity contribution is 6.05. The zero-order chi connectivity index (χ0) is 25.9. The Morgan fingerprint density at radius 3 is 2.31 bits per heavy atom. The van der Waals surface area contributed by atoms with Crippen molar-refractivity contribution in [1.29, 1.82) is 0 Å². The number of nitrogens with zero attached hydrogens (tertiary/aromatic N) is 2. The first-order valence-corrected chi connectivity index (χ1v) is 11.8. The van der Waals surface area contributed by atoms with Gasteiger partial charge in [0.2, 0.25) is 0 Å². The number of urea groups is 1. The molecule has 1 heterocycles. The van der Waals surface area contributed by atoms with Gasteiger partial charge in [0.15, 0.2) is 0 Å². The standard InChI is InChI=1S/C27H31N5O4/c1-3-4-7-15-32(26(34)29-21-10-8-9-19(2)16-21)18-20-13-14-24(28-17-20)25(33)30-22-11-5-6-12-23(22)31-27(35)36/h5-6,8-14,16-17,31H,3-4,7,15,18H2,1-2H3,(H,29,34)(H,30,33)(H,35,36). The molecule has 9 nitrogen and oxygen atoms in total. The van der Waals surface area contributed by atoms with Gasteiger partial charge in [-0.1, -0.05) is 50.1 Å². The molecule has 3 aromatic rings. The van der Waals surface area contributed by atoms with Crippen molar-refractivity contribution in [3.8, 4) is 0 Å². The maximum Gasteiger partial charge on any atom is 0.409 e. The van der Waals surface area contributed by atoms with Gasteiger partial charge in [-0.15, -0.1) is 0 Å². The van der Waals surface area contributed by atoms with Crippen molar-refractivity contribution in [2.75, 3.05) is 22.5 Å². The van der Waals surface area contributed by atoms with Gasteiger partial charge in [0.05, 0.1) is 11.4 Å². The maximum atomic E-state index is 13.0. The first-order valence-electron chi connectivity index (χ1n) is 11.8. The average Bonchev–Trinajstić information content (AvgIpc) is 2.85. The molecular formula is C27H31N5O4. The summed E-state index contributed by atoms with van der Waals surface area (Å²) in [6.45, 7) is 5.03. The Morgan fingerprint density at radius 2 is 1.67 bits per heavy atom. The summed E-state index contributed by atoms with van der Waals surface area (Å²) in [5, 5.41) is 16.9. The van der Waals surface area contributed by atoms with Crippen molar-refractivity contribution in [2.45, 2.75) is 39.7 Å². The molecule has 0 atom stereocenters. The second kappa shape index (κ2) is 12.9. The summed E-state index contributed by atoms with van der Waals surface area (Å²) in [6, 6.07) is 17.3. The van der Waals surface area contributed by atoms with E-state index in [-0.39, 0.29) is 17.4 Å².